The largest absolute Gasteiger partial charge is 0.477 e. The lowest BCUT2D eigenvalue weighted by atomic mass is 9.97. The molecule has 0 saturated heterocycles. The molecule has 1 aliphatic carbocycles. The molecule has 0 amide bonds. The Balaban J connectivity index is 2.05. The van der Waals surface area contributed by atoms with E-state index in [-0.39, 0.29) is 11.6 Å². The van der Waals surface area contributed by atoms with Crippen LogP contribution in [0.1, 0.15) is 40.5 Å². The van der Waals surface area contributed by atoms with E-state index in [1.165, 1.54) is 12.3 Å². The van der Waals surface area contributed by atoms with Crippen LogP contribution < -0.4 is 5.43 Å². The van der Waals surface area contributed by atoms with E-state index in [4.69, 9.17) is 0 Å². The quantitative estimate of drug-likeness (QED) is 0.727. The lowest BCUT2D eigenvalue weighted by molar-refractivity contribution is 0.0695. The smallest absolute Gasteiger partial charge is 0.341 e. The molecule has 5 nitrogen and oxygen atoms in total. The fourth-order valence-electron chi connectivity index (χ4n) is 3.41. The second-order valence-corrected chi connectivity index (χ2v) is 6.82. The summed E-state index contributed by atoms with van der Waals surface area (Å²) in [7, 11) is 0. The van der Waals surface area contributed by atoms with Gasteiger partial charge >= 0.3 is 5.97 Å². The third-order valence-electron chi connectivity index (χ3n) is 4.78. The van der Waals surface area contributed by atoms with Gasteiger partial charge in [0.25, 0.3) is 0 Å². The maximum atomic E-state index is 13.8. The van der Waals surface area contributed by atoms with Gasteiger partial charge in [-0.05, 0) is 61.6 Å². The molecule has 1 aromatic carbocycles. The number of carboxylic acids is 1. The van der Waals surface area contributed by atoms with Crippen LogP contribution in [0.15, 0.2) is 35.3 Å². The monoisotopic (exact) mass is 352 g/mol. The summed E-state index contributed by atoms with van der Waals surface area (Å²) >= 11 is 0. The second kappa shape index (κ2) is 5.76. The standard InChI is InChI=1S/C20H17FN2O3/c1-10-5-15-17(8-14(10)12-6-11(2)22-18(21)7-12)23(13-3-4-13)9-16(19(15)24)20(25)26/h5-9,13H,3-4H2,1-2H3,(H,25,26). The minimum absolute atomic E-state index is 0.197. The predicted octanol–water partition coefficient (Wildman–Crippen LogP) is 3.85. The zero-order valence-corrected chi connectivity index (χ0v) is 14.4. The Morgan fingerprint density at radius 1 is 1.23 bits per heavy atom. The fourth-order valence-corrected chi connectivity index (χ4v) is 3.41. The van der Waals surface area contributed by atoms with Gasteiger partial charge in [-0.2, -0.15) is 4.39 Å². The van der Waals surface area contributed by atoms with Crippen molar-refractivity contribution in [3.05, 3.63) is 63.5 Å². The van der Waals surface area contributed by atoms with Gasteiger partial charge in [0.2, 0.25) is 11.4 Å². The third kappa shape index (κ3) is 2.67. The van der Waals surface area contributed by atoms with Gasteiger partial charge in [-0.3, -0.25) is 4.79 Å². The van der Waals surface area contributed by atoms with E-state index in [9.17, 15) is 19.1 Å². The first-order valence-electron chi connectivity index (χ1n) is 8.42. The zero-order chi connectivity index (χ0) is 18.6. The minimum Gasteiger partial charge on any atom is -0.477 e. The predicted molar refractivity (Wildman–Crippen MR) is 96.1 cm³/mol. The Kier molecular flexibility index (Phi) is 3.64. The molecule has 0 atom stereocenters. The van der Waals surface area contributed by atoms with Crippen LogP contribution in [0.3, 0.4) is 0 Å². The Morgan fingerprint density at radius 3 is 2.58 bits per heavy atom. The van der Waals surface area contributed by atoms with Crippen LogP contribution >= 0.6 is 0 Å². The number of rotatable bonds is 3. The highest BCUT2D eigenvalue weighted by molar-refractivity contribution is 5.94. The topological polar surface area (TPSA) is 72.2 Å². The number of pyridine rings is 2. The van der Waals surface area contributed by atoms with Crippen LogP contribution in [0.25, 0.3) is 22.0 Å². The number of carboxylic acid groups (broad SMARTS) is 1. The Bertz CT molecular complexity index is 1110. The Morgan fingerprint density at radius 2 is 1.96 bits per heavy atom. The van der Waals surface area contributed by atoms with Crippen LogP contribution in [-0.2, 0) is 0 Å². The lowest BCUT2D eigenvalue weighted by Gasteiger charge is -2.15. The van der Waals surface area contributed by atoms with Crippen LogP contribution in [0.2, 0.25) is 0 Å². The SMILES string of the molecule is Cc1cc(-c2cc3c(cc2C)c(=O)c(C(=O)O)cn3C2CC2)cc(F)n1. The normalized spacial score (nSPS) is 14.0. The molecule has 1 N–H and O–H groups in total. The van der Waals surface area contributed by atoms with Crippen molar-refractivity contribution in [1.82, 2.24) is 9.55 Å². The number of carbonyl (C=O) groups is 1. The van der Waals surface area contributed by atoms with Crippen molar-refractivity contribution in [3.63, 3.8) is 0 Å². The third-order valence-corrected chi connectivity index (χ3v) is 4.78. The molecule has 2 aromatic heterocycles. The fraction of sp³-hybridized carbons (Fsp3) is 0.250. The molecule has 4 rings (SSSR count). The summed E-state index contributed by atoms with van der Waals surface area (Å²) in [6.45, 7) is 3.55. The number of aryl methyl sites for hydroxylation is 2. The number of fused-ring (bicyclic) bond motifs is 1. The summed E-state index contributed by atoms with van der Waals surface area (Å²) in [6.07, 6.45) is 3.33. The maximum Gasteiger partial charge on any atom is 0.341 e. The first kappa shape index (κ1) is 16.4. The number of benzene rings is 1. The van der Waals surface area contributed by atoms with Crippen molar-refractivity contribution in [2.75, 3.05) is 0 Å². The van der Waals surface area contributed by atoms with Gasteiger partial charge in [-0.25, -0.2) is 9.78 Å². The number of halogens is 1. The summed E-state index contributed by atoms with van der Waals surface area (Å²) in [5, 5.41) is 9.73. The first-order chi connectivity index (χ1) is 12.3. The van der Waals surface area contributed by atoms with Crippen molar-refractivity contribution < 1.29 is 14.3 Å². The van der Waals surface area contributed by atoms with Crippen molar-refractivity contribution in [2.24, 2.45) is 0 Å². The van der Waals surface area contributed by atoms with Crippen molar-refractivity contribution in [3.8, 4) is 11.1 Å². The number of nitrogens with zero attached hydrogens (tertiary/aromatic N) is 2. The summed E-state index contributed by atoms with van der Waals surface area (Å²) in [5.74, 6) is -1.78. The lowest BCUT2D eigenvalue weighted by Crippen LogP contribution is -2.19. The van der Waals surface area contributed by atoms with Gasteiger partial charge in [0.05, 0.1) is 5.52 Å². The molecule has 6 heteroatoms. The molecular formula is C20H17FN2O3. The minimum atomic E-state index is -1.22. The molecule has 0 aliphatic heterocycles. The van der Waals surface area contributed by atoms with Crippen molar-refractivity contribution >= 4 is 16.9 Å². The van der Waals surface area contributed by atoms with Crippen LogP contribution in [-0.4, -0.2) is 20.6 Å². The molecule has 1 aliphatic rings. The average Bonchev–Trinajstić information content (AvgIpc) is 3.38. The Labute approximate surface area is 148 Å². The molecule has 26 heavy (non-hydrogen) atoms. The molecule has 1 fully saturated rings. The van der Waals surface area contributed by atoms with Gasteiger partial charge in [0.15, 0.2) is 0 Å². The van der Waals surface area contributed by atoms with Crippen molar-refractivity contribution in [2.45, 2.75) is 32.7 Å². The summed E-state index contributed by atoms with van der Waals surface area (Å²) in [5.41, 5.74) is 2.81. The molecule has 1 saturated carbocycles. The van der Waals surface area contributed by atoms with Gasteiger partial charge < -0.3 is 9.67 Å². The summed E-state index contributed by atoms with van der Waals surface area (Å²) < 4.78 is 15.6. The molecule has 132 valence electrons. The highest BCUT2D eigenvalue weighted by atomic mass is 19.1. The molecule has 3 aromatic rings. The highest BCUT2D eigenvalue weighted by Gasteiger charge is 2.27. The van der Waals surface area contributed by atoms with Gasteiger partial charge in [0, 0.05) is 29.4 Å². The number of aromatic nitrogens is 2. The molecule has 0 bridgehead atoms. The zero-order valence-electron chi connectivity index (χ0n) is 14.4. The highest BCUT2D eigenvalue weighted by Crippen LogP contribution is 2.38. The van der Waals surface area contributed by atoms with Crippen LogP contribution in [0.4, 0.5) is 4.39 Å². The number of hydrogen-bond donors (Lipinski definition) is 1. The van der Waals surface area contributed by atoms with E-state index >= 15 is 0 Å². The summed E-state index contributed by atoms with van der Waals surface area (Å²) in [4.78, 5) is 27.8. The number of hydrogen-bond acceptors (Lipinski definition) is 3. The van der Waals surface area contributed by atoms with E-state index in [0.717, 1.165) is 24.0 Å². The van der Waals surface area contributed by atoms with E-state index in [0.29, 0.717) is 22.2 Å². The van der Waals surface area contributed by atoms with E-state index in [1.807, 2.05) is 17.6 Å². The molecule has 0 radical (unpaired) electrons. The average molecular weight is 352 g/mol. The van der Waals surface area contributed by atoms with E-state index in [1.54, 1.807) is 19.1 Å². The maximum absolute atomic E-state index is 13.8. The van der Waals surface area contributed by atoms with Gasteiger partial charge in [-0.15, -0.1) is 0 Å². The molecular weight excluding hydrogens is 335 g/mol. The Hall–Kier alpha value is -3.02. The van der Waals surface area contributed by atoms with Crippen LogP contribution in [0.5, 0.6) is 0 Å². The van der Waals surface area contributed by atoms with E-state index in [2.05, 4.69) is 4.98 Å². The summed E-state index contributed by atoms with van der Waals surface area (Å²) in [6, 6.07) is 6.91. The van der Waals surface area contributed by atoms with Crippen molar-refractivity contribution in [1.29, 1.82) is 0 Å². The molecule has 0 spiro atoms. The first-order valence-corrected chi connectivity index (χ1v) is 8.42. The van der Waals surface area contributed by atoms with Gasteiger partial charge in [0.1, 0.15) is 5.56 Å². The van der Waals surface area contributed by atoms with E-state index < -0.39 is 17.3 Å². The molecule has 0 unspecified atom stereocenters. The van der Waals surface area contributed by atoms with Crippen LogP contribution in [0, 0.1) is 19.8 Å². The second-order valence-electron chi connectivity index (χ2n) is 6.82. The molecule has 2 heterocycles. The van der Waals surface area contributed by atoms with Gasteiger partial charge in [-0.1, -0.05) is 0 Å². The number of aromatic carboxylic acids is 1.